The van der Waals surface area contributed by atoms with Crippen LogP contribution in [0, 0.1) is 0 Å². The predicted molar refractivity (Wildman–Crippen MR) is 115 cm³/mol. The third kappa shape index (κ3) is 37.9. The number of unbranched alkanes of at least 4 members (excludes halogenated alkanes) is 16. The summed E-state index contributed by atoms with van der Waals surface area (Å²) in [4.78, 5) is 0. The zero-order valence-electron chi connectivity index (χ0n) is 17.8. The number of rotatable bonds is 18. The van der Waals surface area contributed by atoms with Crippen LogP contribution in [0.15, 0.2) is 12.7 Å². The molecule has 0 aliphatic rings. The molecule has 0 aliphatic heterocycles. The normalized spacial score (nSPS) is 10.6. The summed E-state index contributed by atoms with van der Waals surface area (Å²) in [7, 11) is -4.61. The Balaban J connectivity index is -0.000000709. The molecule has 0 atom stereocenters. The maximum absolute atomic E-state index is 9.08. The molecular formula is C20H42NaO5S. The maximum atomic E-state index is 9.08. The van der Waals surface area contributed by atoms with E-state index in [2.05, 4.69) is 17.8 Å². The van der Waals surface area contributed by atoms with Crippen molar-refractivity contribution in [3.8, 4) is 0 Å². The second-order valence-electron chi connectivity index (χ2n) is 6.88. The minimum absolute atomic E-state index is 0. The first kappa shape index (κ1) is 32.2. The summed E-state index contributed by atoms with van der Waals surface area (Å²) in [5, 5.41) is 7.06. The summed E-state index contributed by atoms with van der Waals surface area (Å²) in [5.74, 6) is 0. The van der Waals surface area contributed by atoms with E-state index in [4.69, 9.17) is 18.2 Å². The van der Waals surface area contributed by atoms with Crippen molar-refractivity contribution >= 4 is 40.0 Å². The van der Waals surface area contributed by atoms with Crippen LogP contribution in [0.3, 0.4) is 0 Å². The van der Waals surface area contributed by atoms with E-state index in [-0.39, 0.29) is 29.6 Å². The van der Waals surface area contributed by atoms with Crippen LogP contribution in [0.25, 0.3) is 0 Å². The molecule has 159 valence electrons. The molecule has 0 fully saturated rings. The van der Waals surface area contributed by atoms with E-state index in [1.807, 2.05) is 6.08 Å². The Labute approximate surface area is 190 Å². The topological polar surface area (TPSA) is 83.8 Å². The van der Waals surface area contributed by atoms with E-state index in [1.165, 1.54) is 109 Å². The molecule has 0 saturated heterocycles. The number of hydrogen-bond donors (Lipinski definition) is 2. The predicted octanol–water partition coefficient (Wildman–Crippen LogP) is 6.72. The Morgan fingerprint density at radius 1 is 0.741 bits per heavy atom. The van der Waals surface area contributed by atoms with Crippen LogP contribution >= 0.6 is 0 Å². The summed E-state index contributed by atoms with van der Waals surface area (Å²) < 4.78 is 28.0. The molecule has 0 aliphatic carbocycles. The molecule has 0 rings (SSSR count). The van der Waals surface area contributed by atoms with Gasteiger partial charge in [0.25, 0.3) is 0 Å². The average molecular weight is 418 g/mol. The van der Waals surface area contributed by atoms with Crippen molar-refractivity contribution in [3.63, 3.8) is 0 Å². The third-order valence-corrected chi connectivity index (χ3v) is 4.54. The van der Waals surface area contributed by atoms with Gasteiger partial charge in [-0.25, -0.2) is 5.26 Å². The summed E-state index contributed by atoms with van der Waals surface area (Å²) >= 11 is 0. The molecule has 0 saturated carbocycles. The molecule has 0 aromatic heterocycles. The van der Waals surface area contributed by atoms with Crippen molar-refractivity contribution in [2.45, 2.75) is 116 Å². The molecule has 2 N–H and O–H groups in total. The Hall–Kier alpha value is 0.570. The van der Waals surface area contributed by atoms with Crippen molar-refractivity contribution in [3.05, 3.63) is 12.7 Å². The van der Waals surface area contributed by atoms with Gasteiger partial charge < -0.3 is 0 Å². The van der Waals surface area contributed by atoms with Crippen LogP contribution in [-0.2, 0) is 14.7 Å². The minimum atomic E-state index is -4.61. The van der Waals surface area contributed by atoms with Crippen LogP contribution in [0.5, 0.6) is 0 Å². The second-order valence-corrected chi connectivity index (χ2v) is 7.89. The van der Waals surface area contributed by atoms with Gasteiger partial charge in [0.1, 0.15) is 0 Å². The zero-order valence-corrected chi connectivity index (χ0v) is 20.6. The number of allylic oxidation sites excluding steroid dienone is 1. The molecule has 0 heterocycles. The van der Waals surface area contributed by atoms with Gasteiger partial charge in [0.05, 0.1) is 0 Å². The van der Waals surface area contributed by atoms with E-state index in [0.717, 1.165) is 0 Å². The Bertz CT molecular complexity index is 375. The second kappa shape index (κ2) is 26.6. The van der Waals surface area contributed by atoms with E-state index in [0.29, 0.717) is 0 Å². The molecule has 0 bridgehead atoms. The van der Waals surface area contributed by atoms with Gasteiger partial charge in [-0.05, 0) is 12.8 Å². The van der Waals surface area contributed by atoms with Gasteiger partial charge in [-0.1, -0.05) is 114 Å². The fourth-order valence-corrected chi connectivity index (χ4v) is 2.84. The molecule has 0 aromatic rings. The Morgan fingerprint density at radius 3 is 1.22 bits per heavy atom. The fraction of sp³-hybridized carbons (Fsp3) is 0.900. The van der Waals surface area contributed by atoms with Crippen LogP contribution in [0.4, 0.5) is 0 Å². The molecule has 0 aromatic carbocycles. The Morgan fingerprint density at radius 2 is 1.00 bits per heavy atom. The maximum Gasteiger partial charge on any atom is 0.423 e. The zero-order chi connectivity index (χ0) is 19.9. The van der Waals surface area contributed by atoms with E-state index in [9.17, 15) is 0 Å². The van der Waals surface area contributed by atoms with Crippen molar-refractivity contribution in [2.75, 3.05) is 0 Å². The Kier molecular flexibility index (Phi) is 31.7. The SMILES string of the molecule is C=CCCCCCCCCCCCCCCCCCC.O=S(=O)(O)OO.[Na]. The van der Waals surface area contributed by atoms with E-state index in [1.54, 1.807) is 0 Å². The van der Waals surface area contributed by atoms with Gasteiger partial charge >= 0.3 is 10.4 Å². The minimum Gasteiger partial charge on any atom is -0.262 e. The van der Waals surface area contributed by atoms with Gasteiger partial charge in [-0.3, -0.25) is 4.55 Å². The first-order valence-electron chi connectivity index (χ1n) is 10.4. The van der Waals surface area contributed by atoms with Crippen molar-refractivity contribution in [1.82, 2.24) is 0 Å². The van der Waals surface area contributed by atoms with E-state index < -0.39 is 10.4 Å². The summed E-state index contributed by atoms with van der Waals surface area (Å²) in [6.45, 7) is 6.06. The third-order valence-electron chi connectivity index (χ3n) is 4.36. The van der Waals surface area contributed by atoms with E-state index >= 15 is 0 Å². The summed E-state index contributed by atoms with van der Waals surface area (Å²) in [5.41, 5.74) is 0. The van der Waals surface area contributed by atoms with Gasteiger partial charge in [-0.2, -0.15) is 8.42 Å². The standard InChI is InChI=1S/C20H40.Na.H2O5S/c1-3-5-7-9-11-13-15-17-19-20-18-16-14-12-10-8-6-4-2;;1-5-6(2,3)4/h3H,1,4-20H2,2H3;;1H,(H,2,3,4). The number of hydrogen-bond acceptors (Lipinski definition) is 4. The van der Waals surface area contributed by atoms with Crippen molar-refractivity contribution in [2.24, 2.45) is 0 Å². The van der Waals surface area contributed by atoms with Gasteiger partial charge in [0.2, 0.25) is 0 Å². The largest absolute Gasteiger partial charge is 0.423 e. The average Bonchev–Trinajstić information content (AvgIpc) is 2.61. The smallest absolute Gasteiger partial charge is 0.262 e. The van der Waals surface area contributed by atoms with Crippen LogP contribution in [-0.4, -0.2) is 47.8 Å². The van der Waals surface area contributed by atoms with Crippen molar-refractivity contribution in [1.29, 1.82) is 0 Å². The fourth-order valence-electron chi connectivity index (χ4n) is 2.84. The van der Waals surface area contributed by atoms with Gasteiger partial charge in [0, 0.05) is 29.6 Å². The molecule has 7 heteroatoms. The van der Waals surface area contributed by atoms with Crippen molar-refractivity contribution < 1.29 is 22.6 Å². The molecular weight excluding hydrogens is 375 g/mol. The first-order chi connectivity index (χ1) is 12.5. The van der Waals surface area contributed by atoms with Crippen LogP contribution in [0.1, 0.15) is 116 Å². The van der Waals surface area contributed by atoms with Crippen LogP contribution in [0.2, 0.25) is 0 Å². The molecule has 1 radical (unpaired) electrons. The quantitative estimate of drug-likeness (QED) is 0.0645. The first-order valence-corrected chi connectivity index (χ1v) is 11.8. The molecule has 0 unspecified atom stereocenters. The molecule has 27 heavy (non-hydrogen) atoms. The van der Waals surface area contributed by atoms with Gasteiger partial charge in [-0.15, -0.1) is 6.58 Å². The van der Waals surface area contributed by atoms with Crippen LogP contribution < -0.4 is 0 Å². The molecule has 0 amide bonds. The monoisotopic (exact) mass is 417 g/mol. The summed E-state index contributed by atoms with van der Waals surface area (Å²) in [6, 6.07) is 0. The summed E-state index contributed by atoms with van der Waals surface area (Å²) in [6.07, 6.45) is 26.4. The molecule has 5 nitrogen and oxygen atoms in total. The molecule has 0 spiro atoms. The van der Waals surface area contributed by atoms with Gasteiger partial charge in [0.15, 0.2) is 0 Å².